The number of fused-ring (bicyclic) bond motifs is 2. The number of nitrogens with one attached hydrogen (secondary N) is 1. The summed E-state index contributed by atoms with van der Waals surface area (Å²) < 4.78 is 1.22. The molecule has 1 unspecified atom stereocenters. The van der Waals surface area contributed by atoms with E-state index in [2.05, 4.69) is 58.0 Å². The molecule has 0 saturated carbocycles. The van der Waals surface area contributed by atoms with Crippen LogP contribution in [-0.4, -0.2) is 41.0 Å². The SMILES string of the molecule is CCCN1CC(CSC)C[C@@H]2c3cc(Br)cc4[nH]c(CC)c(c34)C[C@H]21. The number of thioether (sulfide) groups is 1. The van der Waals surface area contributed by atoms with Crippen molar-refractivity contribution >= 4 is 38.6 Å². The highest BCUT2D eigenvalue weighted by atomic mass is 79.9. The number of aromatic amines is 1. The van der Waals surface area contributed by atoms with E-state index < -0.39 is 0 Å². The quantitative estimate of drug-likeness (QED) is 0.678. The summed E-state index contributed by atoms with van der Waals surface area (Å²) >= 11 is 5.79. The van der Waals surface area contributed by atoms with Gasteiger partial charge in [0, 0.05) is 39.6 Å². The topological polar surface area (TPSA) is 19.0 Å². The van der Waals surface area contributed by atoms with E-state index in [1.807, 2.05) is 11.8 Å². The number of nitrogens with zero attached hydrogens (tertiary/aromatic N) is 1. The van der Waals surface area contributed by atoms with Crippen LogP contribution in [0.15, 0.2) is 16.6 Å². The number of H-pyrrole nitrogens is 1. The molecule has 0 radical (unpaired) electrons. The molecule has 0 spiro atoms. The summed E-state index contributed by atoms with van der Waals surface area (Å²) in [6.45, 7) is 7.13. The normalized spacial score (nSPS) is 26.2. The van der Waals surface area contributed by atoms with Crippen LogP contribution < -0.4 is 0 Å². The summed E-state index contributed by atoms with van der Waals surface area (Å²) in [4.78, 5) is 6.54. The number of aromatic nitrogens is 1. The molecule has 2 nitrogen and oxygen atoms in total. The van der Waals surface area contributed by atoms with Gasteiger partial charge in [-0.2, -0.15) is 11.8 Å². The van der Waals surface area contributed by atoms with Crippen molar-refractivity contribution in [3.8, 4) is 0 Å². The minimum Gasteiger partial charge on any atom is -0.358 e. The van der Waals surface area contributed by atoms with Crippen LogP contribution in [-0.2, 0) is 12.8 Å². The van der Waals surface area contributed by atoms with E-state index >= 15 is 0 Å². The molecule has 1 fully saturated rings. The lowest BCUT2D eigenvalue weighted by molar-refractivity contribution is 0.0925. The number of hydrogen-bond acceptors (Lipinski definition) is 2. The fourth-order valence-electron chi connectivity index (χ4n) is 5.30. The fraction of sp³-hybridized carbons (Fsp3) is 0.619. The van der Waals surface area contributed by atoms with Gasteiger partial charge in [-0.3, -0.25) is 4.90 Å². The summed E-state index contributed by atoms with van der Waals surface area (Å²) in [7, 11) is 0. The summed E-state index contributed by atoms with van der Waals surface area (Å²) in [5, 5.41) is 1.54. The predicted octanol–water partition coefficient (Wildman–Crippen LogP) is 5.60. The molecule has 2 aromatic rings. The molecule has 1 saturated heterocycles. The number of rotatable bonds is 5. The average Bonchev–Trinajstić information content (AvgIpc) is 2.94. The molecular weight excluding hydrogens is 392 g/mol. The zero-order valence-electron chi connectivity index (χ0n) is 15.6. The number of halogens is 1. The molecule has 1 aromatic carbocycles. The Morgan fingerprint density at radius 2 is 2.16 bits per heavy atom. The third-order valence-corrected chi connectivity index (χ3v) is 7.44. The first-order valence-electron chi connectivity index (χ1n) is 9.72. The van der Waals surface area contributed by atoms with E-state index in [9.17, 15) is 0 Å². The maximum atomic E-state index is 3.77. The molecule has 1 aliphatic heterocycles. The van der Waals surface area contributed by atoms with Crippen LogP contribution in [0.2, 0.25) is 0 Å². The first kappa shape index (κ1) is 17.9. The van der Waals surface area contributed by atoms with Gasteiger partial charge in [-0.1, -0.05) is 29.8 Å². The Kier molecular flexibility index (Phi) is 5.23. The van der Waals surface area contributed by atoms with Crippen LogP contribution in [0.25, 0.3) is 10.9 Å². The minimum absolute atomic E-state index is 0.684. The molecule has 4 heteroatoms. The Hall–Kier alpha value is -0.450. The number of aryl methyl sites for hydroxylation is 1. The molecular formula is C21H29BrN2S. The lowest BCUT2D eigenvalue weighted by Crippen LogP contribution is -2.50. The Labute approximate surface area is 164 Å². The molecule has 25 heavy (non-hydrogen) atoms. The molecule has 1 aliphatic carbocycles. The van der Waals surface area contributed by atoms with Crippen LogP contribution in [0.3, 0.4) is 0 Å². The van der Waals surface area contributed by atoms with Crippen molar-refractivity contribution in [2.45, 2.75) is 51.5 Å². The monoisotopic (exact) mass is 420 g/mol. The smallest absolute Gasteiger partial charge is 0.0473 e. The number of likely N-dealkylation sites (tertiary alicyclic amines) is 1. The zero-order chi connectivity index (χ0) is 17.6. The van der Waals surface area contributed by atoms with E-state index in [1.165, 1.54) is 53.8 Å². The van der Waals surface area contributed by atoms with Gasteiger partial charge >= 0.3 is 0 Å². The number of piperidine rings is 1. The lowest BCUT2D eigenvalue weighted by Gasteiger charge is -2.47. The van der Waals surface area contributed by atoms with Gasteiger partial charge < -0.3 is 4.98 Å². The van der Waals surface area contributed by atoms with Crippen LogP contribution in [0, 0.1) is 5.92 Å². The molecule has 0 bridgehead atoms. The van der Waals surface area contributed by atoms with Crippen molar-refractivity contribution in [3.05, 3.63) is 33.4 Å². The van der Waals surface area contributed by atoms with Gasteiger partial charge in [-0.05, 0) is 73.4 Å². The predicted molar refractivity (Wildman–Crippen MR) is 114 cm³/mol. The molecule has 2 heterocycles. The van der Waals surface area contributed by atoms with Gasteiger partial charge in [0.15, 0.2) is 0 Å². The van der Waals surface area contributed by atoms with Crippen molar-refractivity contribution in [1.82, 2.24) is 9.88 Å². The summed E-state index contributed by atoms with van der Waals surface area (Å²) in [6.07, 6.45) is 7.19. The second-order valence-corrected chi connectivity index (χ2v) is 9.61. The lowest BCUT2D eigenvalue weighted by atomic mass is 9.72. The summed E-state index contributed by atoms with van der Waals surface area (Å²) in [5.41, 5.74) is 5.99. The molecule has 1 N–H and O–H groups in total. The first-order chi connectivity index (χ1) is 12.2. The van der Waals surface area contributed by atoms with E-state index in [1.54, 1.807) is 16.5 Å². The van der Waals surface area contributed by atoms with Gasteiger partial charge in [0.25, 0.3) is 0 Å². The Morgan fingerprint density at radius 3 is 2.88 bits per heavy atom. The summed E-state index contributed by atoms with van der Waals surface area (Å²) in [6, 6.07) is 5.37. The summed E-state index contributed by atoms with van der Waals surface area (Å²) in [5.74, 6) is 2.80. The molecule has 4 rings (SSSR count). The van der Waals surface area contributed by atoms with Crippen LogP contribution >= 0.6 is 27.7 Å². The Balaban J connectivity index is 1.83. The van der Waals surface area contributed by atoms with Crippen LogP contribution in [0.1, 0.15) is 49.4 Å². The van der Waals surface area contributed by atoms with E-state index in [4.69, 9.17) is 0 Å². The standard InChI is InChI=1S/C21H29BrN2S/c1-4-6-24-11-13(12-25-3)7-15-16-8-14(22)9-19-21(16)17(10-20(15)24)18(5-2)23-19/h8-9,13,15,20,23H,4-7,10-12H2,1-3H3/t13?,15-,20-/m1/s1. The molecule has 136 valence electrons. The van der Waals surface area contributed by atoms with Gasteiger partial charge in [0.05, 0.1) is 0 Å². The second kappa shape index (κ2) is 7.28. The molecule has 0 amide bonds. The van der Waals surface area contributed by atoms with Gasteiger partial charge in [0.2, 0.25) is 0 Å². The average molecular weight is 421 g/mol. The van der Waals surface area contributed by atoms with Crippen LogP contribution in [0.4, 0.5) is 0 Å². The van der Waals surface area contributed by atoms with Crippen molar-refractivity contribution in [3.63, 3.8) is 0 Å². The van der Waals surface area contributed by atoms with Gasteiger partial charge in [-0.15, -0.1) is 0 Å². The Bertz CT molecular complexity index is 769. The molecule has 2 aliphatic rings. The van der Waals surface area contributed by atoms with E-state index in [-0.39, 0.29) is 0 Å². The Morgan fingerprint density at radius 1 is 1.32 bits per heavy atom. The van der Waals surface area contributed by atoms with Gasteiger partial charge in [0.1, 0.15) is 0 Å². The highest BCUT2D eigenvalue weighted by molar-refractivity contribution is 9.10. The van der Waals surface area contributed by atoms with Crippen LogP contribution in [0.5, 0.6) is 0 Å². The zero-order valence-corrected chi connectivity index (χ0v) is 18.0. The van der Waals surface area contributed by atoms with E-state index in [0.29, 0.717) is 12.0 Å². The number of benzene rings is 1. The number of hydrogen-bond donors (Lipinski definition) is 1. The maximum Gasteiger partial charge on any atom is 0.0473 e. The highest BCUT2D eigenvalue weighted by Gasteiger charge is 2.41. The third-order valence-electron chi connectivity index (χ3n) is 6.18. The molecule has 1 aromatic heterocycles. The van der Waals surface area contributed by atoms with Crippen molar-refractivity contribution in [2.24, 2.45) is 5.92 Å². The van der Waals surface area contributed by atoms with Crippen molar-refractivity contribution in [1.29, 1.82) is 0 Å². The van der Waals surface area contributed by atoms with Gasteiger partial charge in [-0.25, -0.2) is 0 Å². The minimum atomic E-state index is 0.684. The van der Waals surface area contributed by atoms with Crippen molar-refractivity contribution in [2.75, 3.05) is 25.1 Å². The van der Waals surface area contributed by atoms with E-state index in [0.717, 1.165) is 12.3 Å². The maximum absolute atomic E-state index is 3.77. The second-order valence-electron chi connectivity index (χ2n) is 7.78. The highest BCUT2D eigenvalue weighted by Crippen LogP contribution is 2.47. The third kappa shape index (κ3) is 3.08. The molecule has 3 atom stereocenters. The fourth-order valence-corrected chi connectivity index (χ4v) is 6.49. The first-order valence-corrected chi connectivity index (χ1v) is 11.9. The largest absolute Gasteiger partial charge is 0.358 e. The van der Waals surface area contributed by atoms with Crippen molar-refractivity contribution < 1.29 is 0 Å².